The van der Waals surface area contributed by atoms with Gasteiger partial charge in [-0.05, 0) is 48.9 Å². The van der Waals surface area contributed by atoms with Gasteiger partial charge >= 0.3 is 0 Å². The number of hydrogen-bond donors (Lipinski definition) is 1. The summed E-state index contributed by atoms with van der Waals surface area (Å²) in [6.07, 6.45) is 4.73. The van der Waals surface area contributed by atoms with Crippen molar-refractivity contribution in [3.63, 3.8) is 0 Å². The van der Waals surface area contributed by atoms with Gasteiger partial charge in [0.1, 0.15) is 10.9 Å². The molecular formula is C21H25Cl2N3O3S. The van der Waals surface area contributed by atoms with Crippen molar-refractivity contribution >= 4 is 39.1 Å². The molecule has 2 aromatic rings. The highest BCUT2D eigenvalue weighted by molar-refractivity contribution is 7.89. The van der Waals surface area contributed by atoms with Gasteiger partial charge in [-0.15, -0.1) is 11.6 Å². The van der Waals surface area contributed by atoms with E-state index in [1.54, 1.807) is 17.0 Å². The fraction of sp³-hybridized carbons (Fsp3) is 0.429. The number of carbonyl (C=O) groups is 1. The Balaban J connectivity index is 1.86. The topological polar surface area (TPSA) is 79.4 Å². The Morgan fingerprint density at radius 2 is 1.93 bits per heavy atom. The summed E-state index contributed by atoms with van der Waals surface area (Å²) in [7, 11) is -3.98. The van der Waals surface area contributed by atoms with Crippen molar-refractivity contribution in [2.75, 3.05) is 13.1 Å². The quantitative estimate of drug-likeness (QED) is 0.629. The number of aromatic nitrogens is 1. The molecule has 1 amide bonds. The Morgan fingerprint density at radius 3 is 2.57 bits per heavy atom. The first-order valence-electron chi connectivity index (χ1n) is 9.86. The Morgan fingerprint density at radius 1 is 1.23 bits per heavy atom. The highest BCUT2D eigenvalue weighted by atomic mass is 35.5. The molecule has 1 fully saturated rings. The van der Waals surface area contributed by atoms with Crippen molar-refractivity contribution < 1.29 is 13.2 Å². The van der Waals surface area contributed by atoms with E-state index >= 15 is 0 Å². The van der Waals surface area contributed by atoms with Crippen LogP contribution in [0.4, 0.5) is 0 Å². The normalized spacial score (nSPS) is 17.5. The number of amides is 1. The van der Waals surface area contributed by atoms with Crippen molar-refractivity contribution in [2.45, 2.75) is 42.5 Å². The lowest BCUT2D eigenvalue weighted by atomic mass is 9.97. The van der Waals surface area contributed by atoms with E-state index in [9.17, 15) is 13.2 Å². The van der Waals surface area contributed by atoms with Gasteiger partial charge in [-0.1, -0.05) is 36.7 Å². The number of rotatable bonds is 7. The van der Waals surface area contributed by atoms with Crippen LogP contribution in [0, 0.1) is 5.92 Å². The summed E-state index contributed by atoms with van der Waals surface area (Å²) >= 11 is 12.9. The third kappa shape index (κ3) is 5.72. The van der Waals surface area contributed by atoms with E-state index in [1.807, 2.05) is 12.1 Å². The third-order valence-electron chi connectivity index (χ3n) is 5.32. The van der Waals surface area contributed by atoms with Crippen molar-refractivity contribution in [3.05, 3.63) is 59.4 Å². The van der Waals surface area contributed by atoms with Crippen LogP contribution < -0.4 is 4.72 Å². The van der Waals surface area contributed by atoms with E-state index in [0.29, 0.717) is 24.0 Å². The zero-order valence-corrected chi connectivity index (χ0v) is 19.0. The summed E-state index contributed by atoms with van der Waals surface area (Å²) in [5, 5.41) is -0.292. The molecule has 162 valence electrons. The van der Waals surface area contributed by atoms with Crippen LogP contribution >= 0.6 is 23.2 Å². The maximum absolute atomic E-state index is 13.3. The number of piperidine rings is 1. The Hall–Kier alpha value is -1.67. The van der Waals surface area contributed by atoms with Crippen LogP contribution in [-0.2, 0) is 21.2 Å². The van der Waals surface area contributed by atoms with Crippen molar-refractivity contribution in [1.29, 1.82) is 0 Å². The van der Waals surface area contributed by atoms with Crippen LogP contribution in [0.2, 0.25) is 5.02 Å². The largest absolute Gasteiger partial charge is 0.341 e. The first-order valence-corrected chi connectivity index (χ1v) is 12.2. The average Bonchev–Trinajstić information content (AvgIpc) is 2.74. The molecule has 0 spiro atoms. The number of hydrogen-bond acceptors (Lipinski definition) is 4. The molecule has 1 aliphatic rings. The zero-order chi connectivity index (χ0) is 21.7. The van der Waals surface area contributed by atoms with Gasteiger partial charge in [0, 0.05) is 30.5 Å². The number of sulfonamides is 1. The predicted octanol–water partition coefficient (Wildman–Crippen LogP) is 3.49. The Kier molecular flexibility index (Phi) is 7.74. The van der Waals surface area contributed by atoms with Gasteiger partial charge in [-0.3, -0.25) is 9.78 Å². The molecule has 3 rings (SSSR count). The van der Waals surface area contributed by atoms with E-state index in [0.717, 1.165) is 18.4 Å². The number of nitrogens with one attached hydrogen (secondary N) is 1. The summed E-state index contributed by atoms with van der Waals surface area (Å²) in [5.41, 5.74) is 0.754. The lowest BCUT2D eigenvalue weighted by Gasteiger charge is -2.34. The molecule has 6 nitrogen and oxygen atoms in total. The van der Waals surface area contributed by atoms with Crippen molar-refractivity contribution in [2.24, 2.45) is 5.92 Å². The SMILES string of the molecule is CC1CCN(C(=O)C(NS(=O)(=O)c2cccnc2)C(Cl)Cc2ccccc2Cl)CC1. The minimum atomic E-state index is -3.98. The number of carbonyl (C=O) groups excluding carboxylic acids is 1. The van der Waals surface area contributed by atoms with Gasteiger partial charge in [0.05, 0.1) is 5.38 Å². The second-order valence-corrected chi connectivity index (χ2v) is 10.3. The number of pyridine rings is 1. The molecule has 0 aliphatic carbocycles. The molecule has 0 bridgehead atoms. The highest BCUT2D eigenvalue weighted by Gasteiger charge is 2.36. The molecule has 2 atom stereocenters. The molecule has 2 heterocycles. The Labute approximate surface area is 187 Å². The number of nitrogens with zero attached hydrogens (tertiary/aromatic N) is 2. The van der Waals surface area contributed by atoms with Crippen LogP contribution in [0.25, 0.3) is 0 Å². The maximum Gasteiger partial charge on any atom is 0.242 e. The summed E-state index contributed by atoms with van der Waals surface area (Å²) in [6, 6.07) is 9.02. The molecule has 1 aliphatic heterocycles. The Bertz CT molecular complexity index is 964. The minimum absolute atomic E-state index is 0.0170. The smallest absolute Gasteiger partial charge is 0.242 e. The van der Waals surface area contributed by atoms with Gasteiger partial charge < -0.3 is 4.90 Å². The van der Waals surface area contributed by atoms with Gasteiger partial charge in [-0.25, -0.2) is 8.42 Å². The van der Waals surface area contributed by atoms with E-state index in [1.165, 1.54) is 24.5 Å². The van der Waals surface area contributed by atoms with Crippen LogP contribution in [0.3, 0.4) is 0 Å². The first kappa shape index (κ1) is 23.0. The molecule has 9 heteroatoms. The fourth-order valence-corrected chi connectivity index (χ4v) is 5.26. The number of alkyl halides is 1. The van der Waals surface area contributed by atoms with Crippen LogP contribution in [-0.4, -0.2) is 48.7 Å². The molecule has 2 unspecified atom stereocenters. The predicted molar refractivity (Wildman–Crippen MR) is 118 cm³/mol. The average molecular weight is 470 g/mol. The lowest BCUT2D eigenvalue weighted by molar-refractivity contribution is -0.134. The van der Waals surface area contributed by atoms with E-state index in [2.05, 4.69) is 16.6 Å². The summed E-state index contributed by atoms with van der Waals surface area (Å²) in [6.45, 7) is 3.31. The lowest BCUT2D eigenvalue weighted by Crippen LogP contribution is -2.54. The fourth-order valence-electron chi connectivity index (χ4n) is 3.44. The summed E-state index contributed by atoms with van der Waals surface area (Å²) in [4.78, 5) is 18.8. The summed E-state index contributed by atoms with van der Waals surface area (Å²) in [5.74, 6) is 0.218. The standard InChI is InChI=1S/C21H25Cl2N3O3S/c1-15-8-11-26(12-9-15)21(27)20(19(23)13-16-5-2-3-7-18(16)22)25-30(28,29)17-6-4-10-24-14-17/h2-7,10,14-15,19-20,25H,8-9,11-13H2,1H3. The van der Waals surface area contributed by atoms with E-state index in [4.69, 9.17) is 23.2 Å². The number of halogens is 2. The van der Waals surface area contributed by atoms with Gasteiger partial charge in [0.15, 0.2) is 0 Å². The first-order chi connectivity index (χ1) is 14.3. The molecule has 1 saturated heterocycles. The molecule has 1 N–H and O–H groups in total. The van der Waals surface area contributed by atoms with Crippen LogP contribution in [0.15, 0.2) is 53.7 Å². The third-order valence-corrected chi connectivity index (χ3v) is 7.52. The maximum atomic E-state index is 13.3. The van der Waals surface area contributed by atoms with Crippen LogP contribution in [0.5, 0.6) is 0 Å². The zero-order valence-electron chi connectivity index (χ0n) is 16.7. The highest BCUT2D eigenvalue weighted by Crippen LogP contribution is 2.23. The molecule has 1 aromatic carbocycles. The summed E-state index contributed by atoms with van der Waals surface area (Å²) < 4.78 is 28.3. The van der Waals surface area contributed by atoms with E-state index in [-0.39, 0.29) is 17.2 Å². The minimum Gasteiger partial charge on any atom is -0.341 e. The molecule has 0 radical (unpaired) electrons. The molecule has 1 aromatic heterocycles. The number of benzene rings is 1. The van der Waals surface area contributed by atoms with Gasteiger partial charge in [-0.2, -0.15) is 4.72 Å². The second-order valence-electron chi connectivity index (χ2n) is 7.61. The molecule has 30 heavy (non-hydrogen) atoms. The van der Waals surface area contributed by atoms with E-state index < -0.39 is 21.4 Å². The second kappa shape index (κ2) is 10.1. The number of likely N-dealkylation sites (tertiary alicyclic amines) is 1. The monoisotopic (exact) mass is 469 g/mol. The van der Waals surface area contributed by atoms with Gasteiger partial charge in [0.25, 0.3) is 0 Å². The van der Waals surface area contributed by atoms with Gasteiger partial charge in [0.2, 0.25) is 15.9 Å². The van der Waals surface area contributed by atoms with Crippen molar-refractivity contribution in [1.82, 2.24) is 14.6 Å². The molecule has 0 saturated carbocycles. The molecular weight excluding hydrogens is 445 g/mol. The van der Waals surface area contributed by atoms with Crippen molar-refractivity contribution in [3.8, 4) is 0 Å². The van der Waals surface area contributed by atoms with Crippen LogP contribution in [0.1, 0.15) is 25.3 Å².